The second kappa shape index (κ2) is 9.55. The lowest BCUT2D eigenvalue weighted by Crippen LogP contribution is -2.20. The summed E-state index contributed by atoms with van der Waals surface area (Å²) in [7, 11) is 0. The van der Waals surface area contributed by atoms with Gasteiger partial charge in [0.25, 0.3) is 5.91 Å². The van der Waals surface area contributed by atoms with Crippen LogP contribution in [0.5, 0.6) is 11.5 Å². The van der Waals surface area contributed by atoms with Gasteiger partial charge < -0.3 is 14.8 Å². The lowest BCUT2D eigenvalue weighted by molar-refractivity contribution is -0.118. The van der Waals surface area contributed by atoms with Gasteiger partial charge in [-0.15, -0.1) is 0 Å². The number of hydrogen-bond donors (Lipinski definition) is 1. The molecule has 0 atom stereocenters. The third-order valence-electron chi connectivity index (χ3n) is 3.14. The van der Waals surface area contributed by atoms with Gasteiger partial charge in [0.1, 0.15) is 11.5 Å². The number of anilines is 1. The summed E-state index contributed by atoms with van der Waals surface area (Å²) in [6, 6.07) is 12.5. The summed E-state index contributed by atoms with van der Waals surface area (Å²) in [5.41, 5.74) is 0.666. The Kier molecular flexibility index (Phi) is 7.40. The van der Waals surface area contributed by atoms with Crippen LogP contribution >= 0.6 is 27.5 Å². The van der Waals surface area contributed by atoms with Gasteiger partial charge in [0, 0.05) is 16.2 Å². The van der Waals surface area contributed by atoms with E-state index in [-0.39, 0.29) is 12.5 Å². The van der Waals surface area contributed by atoms with Gasteiger partial charge in [-0.2, -0.15) is 0 Å². The minimum absolute atomic E-state index is 0.123. The number of carbonyl (C=O) groups excluding carboxylic acids is 1. The molecular weight excluding hydrogens is 394 g/mol. The van der Waals surface area contributed by atoms with Crippen LogP contribution in [0.1, 0.15) is 19.8 Å². The summed E-state index contributed by atoms with van der Waals surface area (Å²) in [6.45, 7) is 2.65. The van der Waals surface area contributed by atoms with E-state index >= 15 is 0 Å². The molecule has 0 aliphatic carbocycles. The van der Waals surface area contributed by atoms with Crippen molar-refractivity contribution in [2.75, 3.05) is 18.5 Å². The second-order valence-electron chi connectivity index (χ2n) is 5.14. The fourth-order valence-corrected chi connectivity index (χ4v) is 2.66. The Balaban J connectivity index is 1.86. The quantitative estimate of drug-likeness (QED) is 0.599. The van der Waals surface area contributed by atoms with Crippen LogP contribution in [0.25, 0.3) is 0 Å². The minimum Gasteiger partial charge on any atom is -0.494 e. The van der Waals surface area contributed by atoms with Gasteiger partial charge >= 0.3 is 0 Å². The van der Waals surface area contributed by atoms with E-state index in [1.807, 2.05) is 12.1 Å². The van der Waals surface area contributed by atoms with Gasteiger partial charge in [-0.3, -0.25) is 4.79 Å². The van der Waals surface area contributed by atoms with Crippen LogP contribution in [0.2, 0.25) is 5.02 Å². The standard InChI is InChI=1S/C18H19BrClNO3/c1-2-3-9-23-15-6-4-5-14(11-15)21-18(22)12-24-17-8-7-13(19)10-16(17)20/h4-8,10-11H,2-3,9,12H2,1H3,(H,21,22). The summed E-state index contributed by atoms with van der Waals surface area (Å²) in [5, 5.41) is 3.23. The Morgan fingerprint density at radius 3 is 2.79 bits per heavy atom. The first-order valence-corrected chi connectivity index (χ1v) is 8.86. The minimum atomic E-state index is -0.264. The van der Waals surface area contributed by atoms with Gasteiger partial charge in [0.05, 0.1) is 11.6 Å². The maximum Gasteiger partial charge on any atom is 0.262 e. The molecule has 2 aromatic rings. The van der Waals surface area contributed by atoms with Crippen molar-refractivity contribution in [1.82, 2.24) is 0 Å². The van der Waals surface area contributed by atoms with Gasteiger partial charge in [0.15, 0.2) is 6.61 Å². The van der Waals surface area contributed by atoms with Crippen LogP contribution in [0.15, 0.2) is 46.9 Å². The van der Waals surface area contributed by atoms with Gasteiger partial charge in [-0.05, 0) is 36.8 Å². The van der Waals surface area contributed by atoms with Crippen molar-refractivity contribution in [3.63, 3.8) is 0 Å². The highest BCUT2D eigenvalue weighted by Crippen LogP contribution is 2.27. The first-order chi connectivity index (χ1) is 11.6. The smallest absolute Gasteiger partial charge is 0.262 e. The van der Waals surface area contributed by atoms with Crippen molar-refractivity contribution in [1.29, 1.82) is 0 Å². The fraction of sp³-hybridized carbons (Fsp3) is 0.278. The Hall–Kier alpha value is -1.72. The predicted molar refractivity (Wildman–Crippen MR) is 100 cm³/mol. The van der Waals surface area contributed by atoms with Crippen molar-refractivity contribution >= 4 is 39.1 Å². The number of unbranched alkanes of at least 4 members (excludes halogenated alkanes) is 1. The number of rotatable bonds is 8. The molecule has 0 spiro atoms. The number of halogens is 2. The van der Waals surface area contributed by atoms with E-state index in [2.05, 4.69) is 28.2 Å². The predicted octanol–water partition coefficient (Wildman–Crippen LogP) is 5.30. The van der Waals surface area contributed by atoms with E-state index in [9.17, 15) is 4.79 Å². The maximum absolute atomic E-state index is 12.0. The lowest BCUT2D eigenvalue weighted by atomic mass is 10.3. The third-order valence-corrected chi connectivity index (χ3v) is 3.93. The first-order valence-electron chi connectivity index (χ1n) is 7.69. The SMILES string of the molecule is CCCCOc1cccc(NC(=O)COc2ccc(Br)cc2Cl)c1. The molecule has 0 saturated heterocycles. The molecule has 4 nitrogen and oxygen atoms in total. The Bertz CT molecular complexity index is 694. The summed E-state index contributed by atoms with van der Waals surface area (Å²) >= 11 is 9.37. The molecule has 0 bridgehead atoms. The highest BCUT2D eigenvalue weighted by molar-refractivity contribution is 9.10. The topological polar surface area (TPSA) is 47.6 Å². The van der Waals surface area contributed by atoms with Crippen LogP contribution in [0.3, 0.4) is 0 Å². The summed E-state index contributed by atoms with van der Waals surface area (Å²) in [6.07, 6.45) is 2.07. The second-order valence-corrected chi connectivity index (χ2v) is 6.46. The number of carbonyl (C=O) groups is 1. The van der Waals surface area contributed by atoms with Crippen molar-refractivity contribution in [3.05, 3.63) is 52.0 Å². The normalized spacial score (nSPS) is 10.3. The maximum atomic E-state index is 12.0. The zero-order valence-electron chi connectivity index (χ0n) is 13.4. The number of benzene rings is 2. The molecule has 0 aliphatic heterocycles. The average molecular weight is 413 g/mol. The molecule has 0 heterocycles. The molecule has 0 unspecified atom stereocenters. The molecule has 1 amide bonds. The first kappa shape index (κ1) is 18.6. The molecule has 1 N–H and O–H groups in total. The molecule has 0 radical (unpaired) electrons. The molecule has 2 aromatic carbocycles. The van der Waals surface area contributed by atoms with Crippen LogP contribution in [-0.2, 0) is 4.79 Å². The molecule has 0 aromatic heterocycles. The third kappa shape index (κ3) is 6.06. The Morgan fingerprint density at radius 1 is 1.21 bits per heavy atom. The molecule has 128 valence electrons. The largest absolute Gasteiger partial charge is 0.494 e. The van der Waals surface area contributed by atoms with Crippen molar-refractivity contribution in [2.24, 2.45) is 0 Å². The van der Waals surface area contributed by atoms with Crippen molar-refractivity contribution in [3.8, 4) is 11.5 Å². The average Bonchev–Trinajstić information content (AvgIpc) is 2.55. The monoisotopic (exact) mass is 411 g/mol. The van der Waals surface area contributed by atoms with Crippen LogP contribution in [0, 0.1) is 0 Å². The number of hydrogen-bond acceptors (Lipinski definition) is 3. The summed E-state index contributed by atoms with van der Waals surface area (Å²) in [4.78, 5) is 12.0. The Labute approximate surface area is 155 Å². The van der Waals surface area contributed by atoms with E-state index in [0.29, 0.717) is 23.1 Å². The van der Waals surface area contributed by atoms with E-state index in [4.69, 9.17) is 21.1 Å². The zero-order valence-corrected chi connectivity index (χ0v) is 15.7. The highest BCUT2D eigenvalue weighted by atomic mass is 79.9. The van der Waals surface area contributed by atoms with E-state index < -0.39 is 0 Å². The molecule has 6 heteroatoms. The fourth-order valence-electron chi connectivity index (χ4n) is 1.93. The molecule has 0 fully saturated rings. The van der Waals surface area contributed by atoms with Gasteiger partial charge in [-0.25, -0.2) is 0 Å². The Morgan fingerprint density at radius 2 is 2.04 bits per heavy atom. The van der Waals surface area contributed by atoms with Gasteiger partial charge in [0.2, 0.25) is 0 Å². The lowest BCUT2D eigenvalue weighted by Gasteiger charge is -2.10. The van der Waals surface area contributed by atoms with E-state index in [1.54, 1.807) is 30.3 Å². The number of nitrogens with one attached hydrogen (secondary N) is 1. The van der Waals surface area contributed by atoms with Crippen LogP contribution in [0.4, 0.5) is 5.69 Å². The number of amides is 1. The van der Waals surface area contributed by atoms with Crippen LogP contribution in [-0.4, -0.2) is 19.1 Å². The zero-order chi connectivity index (χ0) is 17.4. The molecular formula is C18H19BrClNO3. The van der Waals surface area contributed by atoms with E-state index in [1.165, 1.54) is 0 Å². The van der Waals surface area contributed by atoms with Gasteiger partial charge in [-0.1, -0.05) is 46.9 Å². The van der Waals surface area contributed by atoms with E-state index in [0.717, 1.165) is 23.1 Å². The molecule has 0 aliphatic rings. The molecule has 24 heavy (non-hydrogen) atoms. The summed E-state index contributed by atoms with van der Waals surface area (Å²) in [5.74, 6) is 0.935. The summed E-state index contributed by atoms with van der Waals surface area (Å²) < 4.78 is 11.9. The highest BCUT2D eigenvalue weighted by Gasteiger charge is 2.07. The van der Waals surface area contributed by atoms with Crippen LogP contribution < -0.4 is 14.8 Å². The molecule has 2 rings (SSSR count). The van der Waals surface area contributed by atoms with Crippen molar-refractivity contribution < 1.29 is 14.3 Å². The van der Waals surface area contributed by atoms with Crippen molar-refractivity contribution in [2.45, 2.75) is 19.8 Å². The number of ether oxygens (including phenoxy) is 2. The molecule has 0 saturated carbocycles.